The average Bonchev–Trinajstić information content (AvgIpc) is 3.19. The molecule has 0 radical (unpaired) electrons. The van der Waals surface area contributed by atoms with Crippen LogP contribution in [-0.4, -0.2) is 31.3 Å². The number of nitrogens with two attached hydrogens (primary N) is 1. The van der Waals surface area contributed by atoms with Crippen LogP contribution in [0.4, 0.5) is 5.13 Å². The summed E-state index contributed by atoms with van der Waals surface area (Å²) in [5.74, 6) is -0.126. The highest BCUT2D eigenvalue weighted by molar-refractivity contribution is 7.14. The number of pyridine rings is 1. The van der Waals surface area contributed by atoms with Crippen molar-refractivity contribution in [2.45, 2.75) is 6.42 Å². The van der Waals surface area contributed by atoms with Crippen LogP contribution in [0.15, 0.2) is 42.4 Å². The number of thiazole rings is 1. The van der Waals surface area contributed by atoms with Crippen LogP contribution in [0.3, 0.4) is 0 Å². The van der Waals surface area contributed by atoms with Gasteiger partial charge in [-0.1, -0.05) is 0 Å². The summed E-state index contributed by atoms with van der Waals surface area (Å²) in [6, 6.07) is 3.38. The molecule has 3 aromatic rings. The number of anilines is 1. The molecular weight excluding hydrogens is 316 g/mol. The number of primary amides is 1. The van der Waals surface area contributed by atoms with E-state index in [1.807, 2.05) is 0 Å². The lowest BCUT2D eigenvalue weighted by atomic mass is 10.2. The number of nitrogens with zero attached hydrogens (tertiary/aromatic N) is 4. The molecule has 0 unspecified atom stereocenters. The van der Waals surface area contributed by atoms with Crippen LogP contribution in [0.1, 0.15) is 16.1 Å². The fourth-order valence-corrected chi connectivity index (χ4v) is 2.57. The zero-order valence-electron chi connectivity index (χ0n) is 11.8. The van der Waals surface area contributed by atoms with Crippen molar-refractivity contribution in [1.29, 1.82) is 0 Å². The predicted molar refractivity (Wildman–Crippen MR) is 84.3 cm³/mol. The lowest BCUT2D eigenvalue weighted by molar-refractivity contribution is -0.117. The minimum Gasteiger partial charge on any atom is -0.369 e. The van der Waals surface area contributed by atoms with Crippen molar-refractivity contribution in [3.8, 4) is 5.82 Å². The molecule has 0 saturated carbocycles. The number of amides is 2. The molecule has 0 bridgehead atoms. The molecule has 3 N–H and O–H groups in total. The summed E-state index contributed by atoms with van der Waals surface area (Å²) in [6.45, 7) is 0. The Hall–Kier alpha value is -3.07. The van der Waals surface area contributed by atoms with Gasteiger partial charge >= 0.3 is 0 Å². The van der Waals surface area contributed by atoms with E-state index in [-0.39, 0.29) is 12.3 Å². The van der Waals surface area contributed by atoms with E-state index in [1.165, 1.54) is 17.5 Å². The minimum atomic E-state index is -0.465. The Labute approximate surface area is 135 Å². The van der Waals surface area contributed by atoms with Crippen LogP contribution in [0, 0.1) is 0 Å². The third-order valence-corrected chi connectivity index (χ3v) is 3.71. The standard InChI is InChI=1S/C14H12N6O2S/c15-11(21)5-10-7-23-14(18-10)19-13(22)9-1-2-12(17-6-9)20-4-3-16-8-20/h1-4,6-8H,5H2,(H2,15,21)(H,18,19,22). The topological polar surface area (TPSA) is 116 Å². The molecular formula is C14H12N6O2S. The molecule has 8 nitrogen and oxygen atoms in total. The van der Waals surface area contributed by atoms with Gasteiger partial charge in [0.2, 0.25) is 5.91 Å². The molecule has 2 amide bonds. The van der Waals surface area contributed by atoms with Crippen molar-refractivity contribution in [3.05, 3.63) is 53.7 Å². The summed E-state index contributed by atoms with van der Waals surface area (Å²) < 4.78 is 1.73. The highest BCUT2D eigenvalue weighted by atomic mass is 32.1. The zero-order chi connectivity index (χ0) is 16.2. The molecule has 9 heteroatoms. The monoisotopic (exact) mass is 328 g/mol. The number of carbonyl (C=O) groups is 2. The number of hydrogen-bond donors (Lipinski definition) is 2. The van der Waals surface area contributed by atoms with E-state index in [9.17, 15) is 9.59 Å². The van der Waals surface area contributed by atoms with Crippen molar-refractivity contribution in [1.82, 2.24) is 19.5 Å². The van der Waals surface area contributed by atoms with Gasteiger partial charge in [-0.2, -0.15) is 0 Å². The number of nitrogens with one attached hydrogen (secondary N) is 1. The second-order valence-electron chi connectivity index (χ2n) is 4.62. The van der Waals surface area contributed by atoms with Gasteiger partial charge in [0.1, 0.15) is 12.1 Å². The maximum absolute atomic E-state index is 12.1. The van der Waals surface area contributed by atoms with Gasteiger partial charge < -0.3 is 5.73 Å². The van der Waals surface area contributed by atoms with Crippen molar-refractivity contribution >= 4 is 28.3 Å². The van der Waals surface area contributed by atoms with Crippen LogP contribution in [0.5, 0.6) is 0 Å². The summed E-state index contributed by atoms with van der Waals surface area (Å²) in [5.41, 5.74) is 6.04. The molecule has 3 heterocycles. The van der Waals surface area contributed by atoms with Crippen molar-refractivity contribution in [2.24, 2.45) is 5.73 Å². The molecule has 0 atom stereocenters. The number of carbonyl (C=O) groups excluding carboxylic acids is 2. The molecule has 3 rings (SSSR count). The first kappa shape index (κ1) is 14.9. The SMILES string of the molecule is NC(=O)Cc1csc(NC(=O)c2ccc(-n3ccnc3)nc2)n1. The largest absolute Gasteiger partial charge is 0.369 e. The number of rotatable bonds is 5. The molecule has 0 aliphatic heterocycles. The van der Waals surface area contributed by atoms with Crippen LogP contribution < -0.4 is 11.1 Å². The van der Waals surface area contributed by atoms with Crippen LogP contribution in [0.25, 0.3) is 5.82 Å². The molecule has 0 saturated heterocycles. The molecule has 23 heavy (non-hydrogen) atoms. The Morgan fingerprint density at radius 1 is 1.35 bits per heavy atom. The molecule has 0 aromatic carbocycles. The second kappa shape index (κ2) is 6.36. The summed E-state index contributed by atoms with van der Waals surface area (Å²) >= 11 is 1.23. The predicted octanol–water partition coefficient (Wildman–Crippen LogP) is 1.00. The number of aromatic nitrogens is 4. The summed E-state index contributed by atoms with van der Waals surface area (Å²) in [6.07, 6.45) is 6.56. The van der Waals surface area contributed by atoms with E-state index >= 15 is 0 Å². The van der Waals surface area contributed by atoms with Crippen molar-refractivity contribution in [3.63, 3.8) is 0 Å². The van der Waals surface area contributed by atoms with Crippen molar-refractivity contribution < 1.29 is 9.59 Å². The fourth-order valence-electron chi connectivity index (χ4n) is 1.86. The minimum absolute atomic E-state index is 0.0491. The van der Waals surface area contributed by atoms with Gasteiger partial charge in [-0.15, -0.1) is 11.3 Å². The molecule has 0 aliphatic carbocycles. The molecule has 116 valence electrons. The van der Waals surface area contributed by atoms with Gasteiger partial charge in [-0.25, -0.2) is 15.0 Å². The molecule has 0 aliphatic rings. The van der Waals surface area contributed by atoms with Gasteiger partial charge in [0.15, 0.2) is 5.13 Å². The first-order chi connectivity index (χ1) is 11.1. The van der Waals surface area contributed by atoms with Crippen LogP contribution in [-0.2, 0) is 11.2 Å². The third kappa shape index (κ3) is 3.58. The van der Waals surface area contributed by atoms with Gasteiger partial charge in [-0.05, 0) is 12.1 Å². The Morgan fingerprint density at radius 2 is 2.22 bits per heavy atom. The third-order valence-electron chi connectivity index (χ3n) is 2.91. The Balaban J connectivity index is 1.68. The zero-order valence-corrected chi connectivity index (χ0v) is 12.7. The van der Waals surface area contributed by atoms with Gasteiger partial charge in [0.05, 0.1) is 17.7 Å². The lowest BCUT2D eigenvalue weighted by Crippen LogP contribution is -2.14. The van der Waals surface area contributed by atoms with E-state index in [0.717, 1.165) is 0 Å². The highest BCUT2D eigenvalue weighted by Gasteiger charge is 2.11. The second-order valence-corrected chi connectivity index (χ2v) is 5.47. The summed E-state index contributed by atoms with van der Waals surface area (Å²) in [7, 11) is 0. The molecule has 3 aromatic heterocycles. The van der Waals surface area contributed by atoms with E-state index in [1.54, 1.807) is 40.8 Å². The molecule has 0 fully saturated rings. The average molecular weight is 328 g/mol. The first-order valence-corrected chi connectivity index (χ1v) is 7.48. The van der Waals surface area contributed by atoms with Crippen LogP contribution >= 0.6 is 11.3 Å². The number of imidazole rings is 1. The maximum atomic E-state index is 12.1. The van der Waals surface area contributed by atoms with Gasteiger partial charge in [0, 0.05) is 24.0 Å². The van der Waals surface area contributed by atoms with E-state index in [2.05, 4.69) is 20.3 Å². The smallest absolute Gasteiger partial charge is 0.259 e. The Morgan fingerprint density at radius 3 is 2.87 bits per heavy atom. The molecule has 0 spiro atoms. The van der Waals surface area contributed by atoms with Crippen molar-refractivity contribution in [2.75, 3.05) is 5.32 Å². The van der Waals surface area contributed by atoms with E-state index in [0.29, 0.717) is 22.2 Å². The Bertz CT molecular complexity index is 825. The van der Waals surface area contributed by atoms with E-state index in [4.69, 9.17) is 5.73 Å². The summed E-state index contributed by atoms with van der Waals surface area (Å²) in [5, 5.41) is 4.75. The van der Waals surface area contributed by atoms with E-state index < -0.39 is 5.91 Å². The lowest BCUT2D eigenvalue weighted by Gasteiger charge is -2.03. The normalized spacial score (nSPS) is 10.4. The van der Waals surface area contributed by atoms with Crippen LogP contribution in [0.2, 0.25) is 0 Å². The van der Waals surface area contributed by atoms with Gasteiger partial charge in [0.25, 0.3) is 5.91 Å². The fraction of sp³-hybridized carbons (Fsp3) is 0.0714. The Kier molecular flexibility index (Phi) is 4.11. The number of hydrogen-bond acceptors (Lipinski definition) is 6. The maximum Gasteiger partial charge on any atom is 0.259 e. The quantitative estimate of drug-likeness (QED) is 0.725. The highest BCUT2D eigenvalue weighted by Crippen LogP contribution is 2.17. The summed E-state index contributed by atoms with van der Waals surface area (Å²) in [4.78, 5) is 35.3. The first-order valence-electron chi connectivity index (χ1n) is 6.60. The van der Waals surface area contributed by atoms with Gasteiger partial charge in [-0.3, -0.25) is 19.5 Å².